The number of ether oxygens (including phenoxy) is 1. The molecule has 4 heteroatoms. The molecule has 3 nitrogen and oxygen atoms in total. The maximum atomic E-state index is 11.1. The molecule has 0 fully saturated rings. The number of aromatic nitrogens is 1. The Balaban J connectivity index is 2.25. The molecule has 2 aromatic rings. The number of benzene rings is 1. The number of pyridine rings is 1. The lowest BCUT2D eigenvalue weighted by Gasteiger charge is -2.09. The fraction of sp³-hybridized carbons (Fsp3) is 0.125. The molecule has 1 aromatic carbocycles. The predicted octanol–water partition coefficient (Wildman–Crippen LogP) is 3.39. The first kappa shape index (κ1) is 14.1. The maximum absolute atomic E-state index is 11.1. The van der Waals surface area contributed by atoms with Crippen LogP contribution in [0.3, 0.4) is 0 Å². The van der Waals surface area contributed by atoms with E-state index in [1.165, 1.54) is 6.92 Å². The van der Waals surface area contributed by atoms with E-state index in [1.54, 1.807) is 42.6 Å². The fourth-order valence-electron chi connectivity index (χ4n) is 1.54. The van der Waals surface area contributed by atoms with Crippen molar-refractivity contribution in [2.45, 2.75) is 13.0 Å². The van der Waals surface area contributed by atoms with Crippen LogP contribution in [0, 0.1) is 11.8 Å². The van der Waals surface area contributed by atoms with Crippen molar-refractivity contribution in [1.82, 2.24) is 4.98 Å². The van der Waals surface area contributed by atoms with Crippen LogP contribution in [0.4, 0.5) is 0 Å². The van der Waals surface area contributed by atoms with Gasteiger partial charge in [-0.15, -0.1) is 0 Å². The van der Waals surface area contributed by atoms with Gasteiger partial charge in [-0.1, -0.05) is 23.6 Å². The largest absolute Gasteiger partial charge is 0.443 e. The van der Waals surface area contributed by atoms with Gasteiger partial charge in [-0.2, -0.15) is 0 Å². The minimum absolute atomic E-state index is 0.397. The van der Waals surface area contributed by atoms with E-state index in [2.05, 4.69) is 16.8 Å². The monoisotopic (exact) mass is 285 g/mol. The smallest absolute Gasteiger partial charge is 0.304 e. The zero-order valence-electron chi connectivity index (χ0n) is 10.8. The lowest BCUT2D eigenvalue weighted by Crippen LogP contribution is -2.08. The second-order valence-electron chi connectivity index (χ2n) is 4.02. The zero-order valence-corrected chi connectivity index (χ0v) is 11.6. The van der Waals surface area contributed by atoms with Crippen molar-refractivity contribution in [1.29, 1.82) is 0 Å². The van der Waals surface area contributed by atoms with Crippen LogP contribution in [-0.2, 0) is 9.53 Å². The Morgan fingerprint density at radius 2 is 2.00 bits per heavy atom. The van der Waals surface area contributed by atoms with Gasteiger partial charge in [0.1, 0.15) is 0 Å². The van der Waals surface area contributed by atoms with E-state index < -0.39 is 12.1 Å². The van der Waals surface area contributed by atoms with E-state index in [0.29, 0.717) is 10.7 Å². The quantitative estimate of drug-likeness (QED) is 0.627. The van der Waals surface area contributed by atoms with Gasteiger partial charge < -0.3 is 4.74 Å². The van der Waals surface area contributed by atoms with E-state index in [-0.39, 0.29) is 0 Å². The number of hydrogen-bond donors (Lipinski definition) is 0. The standard InChI is InChI=1S/C16H12ClNO2/c1-12(19)20-16(15-4-2-3-11-18-15)10-7-13-5-8-14(17)9-6-13/h2-6,8-9,11,16H,1H3. The molecule has 2 rings (SSSR count). The van der Waals surface area contributed by atoms with Crippen LogP contribution in [0.25, 0.3) is 0 Å². The number of hydrogen-bond acceptors (Lipinski definition) is 3. The first-order valence-corrected chi connectivity index (χ1v) is 6.38. The van der Waals surface area contributed by atoms with Gasteiger partial charge >= 0.3 is 5.97 Å². The van der Waals surface area contributed by atoms with E-state index in [9.17, 15) is 4.79 Å². The first-order chi connectivity index (χ1) is 9.65. The summed E-state index contributed by atoms with van der Waals surface area (Å²) in [6, 6.07) is 12.5. The molecule has 0 aliphatic rings. The minimum atomic E-state index is -0.677. The lowest BCUT2D eigenvalue weighted by atomic mass is 10.2. The molecule has 1 heterocycles. The minimum Gasteiger partial charge on any atom is -0.443 e. The Kier molecular flexibility index (Phi) is 4.75. The molecule has 1 aromatic heterocycles. The number of esters is 1. The number of rotatable bonds is 2. The molecule has 0 radical (unpaired) electrons. The molecule has 0 amide bonds. The first-order valence-electron chi connectivity index (χ1n) is 6.00. The summed E-state index contributed by atoms with van der Waals surface area (Å²) in [7, 11) is 0. The molecule has 0 spiro atoms. The van der Waals surface area contributed by atoms with Crippen LogP contribution in [0.1, 0.15) is 24.3 Å². The molecule has 0 saturated heterocycles. The third-order valence-electron chi connectivity index (χ3n) is 2.43. The van der Waals surface area contributed by atoms with Crippen molar-refractivity contribution >= 4 is 17.6 Å². The molecule has 0 N–H and O–H groups in total. The topological polar surface area (TPSA) is 39.2 Å². The summed E-state index contributed by atoms with van der Waals surface area (Å²) in [6.07, 6.45) is 0.958. The fourth-order valence-corrected chi connectivity index (χ4v) is 1.67. The normalized spacial score (nSPS) is 11.1. The van der Waals surface area contributed by atoms with Crippen molar-refractivity contribution in [3.8, 4) is 11.8 Å². The van der Waals surface area contributed by atoms with E-state index in [4.69, 9.17) is 16.3 Å². The molecule has 0 saturated carbocycles. The molecule has 0 aliphatic heterocycles. The van der Waals surface area contributed by atoms with Crippen molar-refractivity contribution < 1.29 is 9.53 Å². The molecule has 100 valence electrons. The number of halogens is 1. The highest BCUT2D eigenvalue weighted by Crippen LogP contribution is 2.14. The maximum Gasteiger partial charge on any atom is 0.304 e. The highest BCUT2D eigenvalue weighted by Gasteiger charge is 2.12. The molecule has 1 atom stereocenters. The summed E-state index contributed by atoms with van der Waals surface area (Å²) in [6.45, 7) is 1.35. The molecule has 20 heavy (non-hydrogen) atoms. The Labute approximate surface area is 122 Å². The van der Waals surface area contributed by atoms with Gasteiger partial charge in [0.15, 0.2) is 0 Å². The van der Waals surface area contributed by atoms with Gasteiger partial charge in [-0.05, 0) is 42.3 Å². The molecule has 0 aliphatic carbocycles. The molecule has 0 bridgehead atoms. The van der Waals surface area contributed by atoms with Crippen LogP contribution in [0.2, 0.25) is 5.02 Å². The Hall–Kier alpha value is -2.31. The second kappa shape index (κ2) is 6.74. The van der Waals surface area contributed by atoms with Crippen LogP contribution in [-0.4, -0.2) is 11.0 Å². The summed E-state index contributed by atoms with van der Waals surface area (Å²) in [5, 5.41) is 0.650. The van der Waals surface area contributed by atoms with Gasteiger partial charge in [0.25, 0.3) is 0 Å². The van der Waals surface area contributed by atoms with E-state index in [0.717, 1.165) is 5.56 Å². The number of nitrogens with zero attached hydrogens (tertiary/aromatic N) is 1. The van der Waals surface area contributed by atoms with Crippen LogP contribution >= 0.6 is 11.6 Å². The van der Waals surface area contributed by atoms with Crippen molar-refractivity contribution in [2.24, 2.45) is 0 Å². The van der Waals surface area contributed by atoms with Crippen molar-refractivity contribution in [3.63, 3.8) is 0 Å². The van der Waals surface area contributed by atoms with Crippen molar-refractivity contribution in [3.05, 3.63) is 64.9 Å². The number of carbonyl (C=O) groups is 1. The summed E-state index contributed by atoms with van der Waals surface area (Å²) < 4.78 is 5.18. The summed E-state index contributed by atoms with van der Waals surface area (Å²) in [5.41, 5.74) is 1.40. The van der Waals surface area contributed by atoms with Crippen LogP contribution < -0.4 is 0 Å². The second-order valence-corrected chi connectivity index (χ2v) is 4.46. The van der Waals surface area contributed by atoms with Crippen LogP contribution in [0.15, 0.2) is 48.7 Å². The van der Waals surface area contributed by atoms with Crippen LogP contribution in [0.5, 0.6) is 0 Å². The van der Waals surface area contributed by atoms with Crippen molar-refractivity contribution in [2.75, 3.05) is 0 Å². The van der Waals surface area contributed by atoms with E-state index in [1.807, 2.05) is 6.07 Å². The SMILES string of the molecule is CC(=O)OC(C#Cc1ccc(Cl)cc1)c1ccccn1. The third kappa shape index (κ3) is 4.11. The Morgan fingerprint density at radius 1 is 1.25 bits per heavy atom. The predicted molar refractivity (Wildman–Crippen MR) is 77.1 cm³/mol. The number of carbonyl (C=O) groups excluding carboxylic acids is 1. The average Bonchev–Trinajstić information content (AvgIpc) is 2.46. The summed E-state index contributed by atoms with van der Waals surface area (Å²) in [5.74, 6) is 5.46. The van der Waals surface area contributed by atoms with Gasteiger partial charge in [0, 0.05) is 23.7 Å². The highest BCUT2D eigenvalue weighted by atomic mass is 35.5. The van der Waals surface area contributed by atoms with Gasteiger partial charge in [0.05, 0.1) is 5.69 Å². The summed E-state index contributed by atoms with van der Waals surface area (Å²) in [4.78, 5) is 15.3. The Bertz CT molecular complexity index is 642. The average molecular weight is 286 g/mol. The third-order valence-corrected chi connectivity index (χ3v) is 2.68. The molecule has 1 unspecified atom stereocenters. The lowest BCUT2D eigenvalue weighted by molar-refractivity contribution is -0.144. The Morgan fingerprint density at radius 3 is 2.60 bits per heavy atom. The van der Waals surface area contributed by atoms with Gasteiger partial charge in [-0.3, -0.25) is 9.78 Å². The van der Waals surface area contributed by atoms with E-state index >= 15 is 0 Å². The van der Waals surface area contributed by atoms with Gasteiger partial charge in [-0.25, -0.2) is 0 Å². The molecular formula is C16H12ClNO2. The zero-order chi connectivity index (χ0) is 14.4. The highest BCUT2D eigenvalue weighted by molar-refractivity contribution is 6.30. The molecular weight excluding hydrogens is 274 g/mol. The van der Waals surface area contributed by atoms with Gasteiger partial charge in [0.2, 0.25) is 6.10 Å². The summed E-state index contributed by atoms with van der Waals surface area (Å²) >= 11 is 5.81.